The third-order valence-electron chi connectivity index (χ3n) is 11.0. The minimum atomic E-state index is -0.758. The highest BCUT2D eigenvalue weighted by Crippen LogP contribution is 2.17. The number of ether oxygens (including phenoxy) is 3. The van der Waals surface area contributed by atoms with Gasteiger partial charge in [-0.1, -0.05) is 227 Å². The van der Waals surface area contributed by atoms with Crippen molar-refractivity contribution in [3.8, 4) is 0 Å². The number of carbonyl (C=O) groups excluding carboxylic acids is 3. The number of esters is 3. The van der Waals surface area contributed by atoms with E-state index < -0.39 is 6.10 Å². The van der Waals surface area contributed by atoms with Crippen LogP contribution in [-0.4, -0.2) is 37.2 Å². The molecule has 0 aliphatic rings. The highest BCUT2D eigenvalue weighted by molar-refractivity contribution is 5.71. The molecule has 0 unspecified atom stereocenters. The predicted molar refractivity (Wildman–Crippen MR) is 233 cm³/mol. The van der Waals surface area contributed by atoms with Gasteiger partial charge in [0.1, 0.15) is 13.2 Å². The van der Waals surface area contributed by atoms with Gasteiger partial charge in [-0.25, -0.2) is 0 Å². The summed E-state index contributed by atoms with van der Waals surface area (Å²) in [5.41, 5.74) is 0. The number of hydrogen-bond donors (Lipinski definition) is 0. The van der Waals surface area contributed by atoms with E-state index in [1.807, 2.05) is 0 Å². The maximum Gasteiger partial charge on any atom is 0.306 e. The fraction of sp³-hybridized carbons (Fsp3) is 0.939. The lowest BCUT2D eigenvalue weighted by molar-refractivity contribution is -0.167. The Hall–Kier alpha value is -1.59. The van der Waals surface area contributed by atoms with Crippen molar-refractivity contribution in [2.45, 2.75) is 272 Å². The van der Waals surface area contributed by atoms with E-state index in [0.717, 1.165) is 76.0 Å². The van der Waals surface area contributed by atoms with Gasteiger partial charge in [0.25, 0.3) is 0 Å². The molecule has 0 radical (unpaired) electrons. The molecule has 0 aromatic heterocycles. The summed E-state index contributed by atoms with van der Waals surface area (Å²) in [6, 6.07) is 0. The first kappa shape index (κ1) is 53.4. The second-order valence-corrected chi connectivity index (χ2v) is 17.7. The van der Waals surface area contributed by atoms with Crippen LogP contribution in [0, 0.1) is 11.8 Å². The van der Waals surface area contributed by atoms with Crippen LogP contribution in [0.5, 0.6) is 0 Å². The minimum Gasteiger partial charge on any atom is -0.462 e. The van der Waals surface area contributed by atoms with Gasteiger partial charge in [-0.2, -0.15) is 0 Å². The number of unbranched alkanes of at least 4 members (excludes halogenated alkanes) is 28. The molecule has 0 rings (SSSR count). The fourth-order valence-electron chi connectivity index (χ4n) is 7.28. The van der Waals surface area contributed by atoms with Crippen molar-refractivity contribution in [2.75, 3.05) is 13.2 Å². The first-order chi connectivity index (χ1) is 26.7. The smallest absolute Gasteiger partial charge is 0.306 e. The van der Waals surface area contributed by atoms with Crippen molar-refractivity contribution >= 4 is 17.9 Å². The summed E-state index contributed by atoms with van der Waals surface area (Å²) < 4.78 is 16.6. The van der Waals surface area contributed by atoms with Crippen LogP contribution in [0.15, 0.2) is 0 Å². The average molecular weight is 779 g/mol. The molecular weight excluding hydrogens is 685 g/mol. The summed E-state index contributed by atoms with van der Waals surface area (Å²) in [5.74, 6) is 0.786. The van der Waals surface area contributed by atoms with E-state index in [9.17, 15) is 14.4 Å². The Kier molecular flexibility index (Phi) is 40.8. The van der Waals surface area contributed by atoms with Crippen LogP contribution < -0.4 is 0 Å². The highest BCUT2D eigenvalue weighted by atomic mass is 16.6. The van der Waals surface area contributed by atoms with E-state index >= 15 is 0 Å². The fourth-order valence-corrected chi connectivity index (χ4v) is 7.28. The van der Waals surface area contributed by atoms with E-state index in [4.69, 9.17) is 14.2 Å². The Morgan fingerprint density at radius 3 is 0.891 bits per heavy atom. The minimum absolute atomic E-state index is 0.0659. The van der Waals surface area contributed by atoms with Crippen molar-refractivity contribution in [3.63, 3.8) is 0 Å². The molecule has 6 nitrogen and oxygen atoms in total. The molecule has 0 aliphatic carbocycles. The zero-order valence-electron chi connectivity index (χ0n) is 37.6. The van der Waals surface area contributed by atoms with Crippen LogP contribution >= 0.6 is 0 Å². The molecule has 55 heavy (non-hydrogen) atoms. The SMILES string of the molecule is CCCCCCCC(=O)O[C@@H](COC(=O)CCCCCCCCCCCCCCCCCCCCC(C)C)COC(=O)CCCCCCCCCCC(C)C. The Labute approximate surface area is 342 Å². The molecule has 6 heteroatoms. The van der Waals surface area contributed by atoms with Crippen LogP contribution in [0.4, 0.5) is 0 Å². The summed E-state index contributed by atoms with van der Waals surface area (Å²) >= 11 is 0. The van der Waals surface area contributed by atoms with Gasteiger partial charge in [-0.15, -0.1) is 0 Å². The third-order valence-corrected chi connectivity index (χ3v) is 11.0. The van der Waals surface area contributed by atoms with E-state index in [0.29, 0.717) is 19.3 Å². The molecule has 0 aromatic rings. The molecule has 0 spiro atoms. The van der Waals surface area contributed by atoms with Crippen molar-refractivity contribution < 1.29 is 28.6 Å². The zero-order chi connectivity index (χ0) is 40.5. The molecule has 0 fully saturated rings. The number of carbonyl (C=O) groups is 3. The molecule has 0 saturated heterocycles. The number of rotatable bonds is 43. The molecule has 1 atom stereocenters. The van der Waals surface area contributed by atoms with Crippen LogP contribution in [0.3, 0.4) is 0 Å². The molecule has 0 aliphatic heterocycles. The first-order valence-corrected chi connectivity index (χ1v) is 24.2. The lowest BCUT2D eigenvalue weighted by atomic mass is 10.0. The Bertz CT molecular complexity index is 839. The van der Waals surface area contributed by atoms with Gasteiger partial charge in [0.05, 0.1) is 0 Å². The molecule has 0 amide bonds. The zero-order valence-corrected chi connectivity index (χ0v) is 37.6. The summed E-state index contributed by atoms with van der Waals surface area (Å²) in [7, 11) is 0. The molecule has 0 bridgehead atoms. The number of hydrogen-bond acceptors (Lipinski definition) is 6. The second-order valence-electron chi connectivity index (χ2n) is 17.7. The van der Waals surface area contributed by atoms with Crippen LogP contribution in [0.1, 0.15) is 266 Å². The Balaban J connectivity index is 4.02. The highest BCUT2D eigenvalue weighted by Gasteiger charge is 2.19. The van der Waals surface area contributed by atoms with Gasteiger partial charge in [0, 0.05) is 19.3 Å². The predicted octanol–water partition coefficient (Wildman–Crippen LogP) is 15.4. The molecular formula is C49H94O6. The van der Waals surface area contributed by atoms with Crippen molar-refractivity contribution in [1.29, 1.82) is 0 Å². The van der Waals surface area contributed by atoms with Crippen molar-refractivity contribution in [1.82, 2.24) is 0 Å². The van der Waals surface area contributed by atoms with E-state index in [2.05, 4.69) is 34.6 Å². The maximum absolute atomic E-state index is 12.5. The molecule has 0 N–H and O–H groups in total. The molecule has 326 valence electrons. The van der Waals surface area contributed by atoms with Gasteiger partial charge in [-0.05, 0) is 31.1 Å². The Morgan fingerprint density at radius 2 is 0.600 bits per heavy atom. The maximum atomic E-state index is 12.5. The summed E-state index contributed by atoms with van der Waals surface area (Å²) in [4.78, 5) is 37.5. The third kappa shape index (κ3) is 43.4. The van der Waals surface area contributed by atoms with Gasteiger partial charge < -0.3 is 14.2 Å². The summed E-state index contributed by atoms with van der Waals surface area (Å²) in [6.45, 7) is 11.3. The van der Waals surface area contributed by atoms with Gasteiger partial charge >= 0.3 is 17.9 Å². The molecule has 0 saturated carbocycles. The Morgan fingerprint density at radius 1 is 0.345 bits per heavy atom. The van der Waals surface area contributed by atoms with Gasteiger partial charge in [0.15, 0.2) is 6.10 Å². The monoisotopic (exact) mass is 779 g/mol. The quantitative estimate of drug-likeness (QED) is 0.0348. The van der Waals surface area contributed by atoms with Crippen molar-refractivity contribution in [2.24, 2.45) is 11.8 Å². The van der Waals surface area contributed by atoms with Crippen molar-refractivity contribution in [3.05, 3.63) is 0 Å². The molecule has 0 heterocycles. The summed E-state index contributed by atoms with van der Waals surface area (Å²) in [5, 5.41) is 0. The van der Waals surface area contributed by atoms with Gasteiger partial charge in [0.2, 0.25) is 0 Å². The normalized spacial score (nSPS) is 12.1. The van der Waals surface area contributed by atoms with E-state index in [1.54, 1.807) is 0 Å². The molecule has 0 aromatic carbocycles. The van der Waals surface area contributed by atoms with E-state index in [-0.39, 0.29) is 31.1 Å². The lowest BCUT2D eigenvalue weighted by Crippen LogP contribution is -2.30. The van der Waals surface area contributed by atoms with E-state index in [1.165, 1.54) is 148 Å². The van der Waals surface area contributed by atoms with Crippen LogP contribution in [0.2, 0.25) is 0 Å². The second kappa shape index (κ2) is 42.0. The van der Waals surface area contributed by atoms with Crippen LogP contribution in [-0.2, 0) is 28.6 Å². The van der Waals surface area contributed by atoms with Crippen LogP contribution in [0.25, 0.3) is 0 Å². The standard InChI is InChI=1S/C49H94O6/c1-6-7-8-27-36-41-49(52)55-46(43-54-48(51)40-35-31-26-22-21-24-29-33-38-45(4)5)42-53-47(50)39-34-30-25-20-18-16-14-12-10-9-11-13-15-17-19-23-28-32-37-44(2)3/h44-46H,6-43H2,1-5H3/t46-/m0/s1. The van der Waals surface area contributed by atoms with Gasteiger partial charge in [-0.3, -0.25) is 14.4 Å². The average Bonchev–Trinajstić information content (AvgIpc) is 3.15. The summed E-state index contributed by atoms with van der Waals surface area (Å²) in [6.07, 6.45) is 41.4. The topological polar surface area (TPSA) is 78.9 Å². The first-order valence-electron chi connectivity index (χ1n) is 24.2. The lowest BCUT2D eigenvalue weighted by Gasteiger charge is -2.18. The largest absolute Gasteiger partial charge is 0.462 e.